The molecule has 12 heteroatoms. The van der Waals surface area contributed by atoms with Gasteiger partial charge in [0.05, 0.1) is 6.20 Å². The number of allylic oxidation sites excluding steroid dienone is 1. The fourth-order valence-corrected chi connectivity index (χ4v) is 3.77. The van der Waals surface area contributed by atoms with Gasteiger partial charge in [0.1, 0.15) is 0 Å². The number of hydrogen-bond acceptors (Lipinski definition) is 9. The third-order valence-corrected chi connectivity index (χ3v) is 5.58. The Bertz CT molecular complexity index is 1270. The first-order chi connectivity index (χ1) is 16.8. The van der Waals surface area contributed by atoms with Crippen LogP contribution in [-0.4, -0.2) is 66.7 Å². The molecule has 4 rings (SSSR count). The maximum absolute atomic E-state index is 11.9. The summed E-state index contributed by atoms with van der Waals surface area (Å²) in [5, 5.41) is 18.2. The molecule has 2 aromatic heterocycles. The molecule has 4 N–H and O–H groups in total. The Hall–Kier alpha value is -4.61. The van der Waals surface area contributed by atoms with Gasteiger partial charge in [-0.3, -0.25) is 14.4 Å². The minimum absolute atomic E-state index is 0.0186. The van der Waals surface area contributed by atoms with Crippen LogP contribution >= 0.6 is 0 Å². The summed E-state index contributed by atoms with van der Waals surface area (Å²) in [5.41, 5.74) is 7.59. The largest absolute Gasteiger partial charge is 0.364 e. The van der Waals surface area contributed by atoms with Crippen molar-refractivity contribution >= 4 is 35.2 Å². The van der Waals surface area contributed by atoms with Crippen LogP contribution in [0.3, 0.4) is 0 Å². The fourth-order valence-electron chi connectivity index (χ4n) is 3.77. The second-order valence-electron chi connectivity index (χ2n) is 8.06. The number of carbonyl (C=O) groups is 3. The number of nitrogens with zero attached hydrogens (tertiary/aromatic N) is 6. The van der Waals surface area contributed by atoms with Gasteiger partial charge in [-0.1, -0.05) is 18.7 Å². The molecule has 0 unspecified atom stereocenters. The van der Waals surface area contributed by atoms with E-state index in [1.807, 2.05) is 12.1 Å². The number of rotatable bonds is 7. The number of amides is 2. The smallest absolute Gasteiger partial charge is 0.273 e. The number of benzene rings is 1. The van der Waals surface area contributed by atoms with E-state index in [0.717, 1.165) is 30.5 Å². The Labute approximate surface area is 201 Å². The van der Waals surface area contributed by atoms with Crippen LogP contribution in [0.4, 0.5) is 17.5 Å². The van der Waals surface area contributed by atoms with Crippen LogP contribution in [-0.2, 0) is 4.79 Å². The fraction of sp³-hybridized carbons (Fsp3) is 0.261. The number of hydrogen-bond donors (Lipinski definition) is 3. The van der Waals surface area contributed by atoms with Gasteiger partial charge in [0.15, 0.2) is 11.5 Å². The van der Waals surface area contributed by atoms with Crippen LogP contribution in [0.25, 0.3) is 11.1 Å². The van der Waals surface area contributed by atoms with Crippen molar-refractivity contribution in [3.8, 4) is 11.1 Å². The van der Waals surface area contributed by atoms with Gasteiger partial charge in [-0.2, -0.15) is 10.1 Å². The molecule has 0 radical (unpaired) electrons. The number of nitrogens with two attached hydrogens (primary N) is 1. The predicted octanol–water partition coefficient (Wildman–Crippen LogP) is 1.83. The highest BCUT2D eigenvalue weighted by Gasteiger charge is 2.23. The van der Waals surface area contributed by atoms with Crippen molar-refractivity contribution < 1.29 is 14.4 Å². The van der Waals surface area contributed by atoms with Gasteiger partial charge in [0.25, 0.3) is 11.8 Å². The van der Waals surface area contributed by atoms with Crippen molar-refractivity contribution in [1.82, 2.24) is 29.9 Å². The van der Waals surface area contributed by atoms with Crippen LogP contribution < -0.4 is 16.4 Å². The summed E-state index contributed by atoms with van der Waals surface area (Å²) >= 11 is 0. The van der Waals surface area contributed by atoms with Crippen molar-refractivity contribution in [2.75, 3.05) is 23.7 Å². The molecule has 3 heterocycles. The first-order valence-corrected chi connectivity index (χ1v) is 11.0. The molecule has 1 atom stereocenters. The van der Waals surface area contributed by atoms with Crippen molar-refractivity contribution in [3.63, 3.8) is 0 Å². The summed E-state index contributed by atoms with van der Waals surface area (Å²) in [5.74, 6) is -0.688. The third-order valence-electron chi connectivity index (χ3n) is 5.58. The Morgan fingerprint density at radius 3 is 2.63 bits per heavy atom. The lowest BCUT2D eigenvalue weighted by Gasteiger charge is -2.32. The van der Waals surface area contributed by atoms with E-state index in [1.54, 1.807) is 36.4 Å². The zero-order valence-corrected chi connectivity index (χ0v) is 19.1. The zero-order valence-electron chi connectivity index (χ0n) is 19.1. The lowest BCUT2D eigenvalue weighted by molar-refractivity contribution is -0.129. The van der Waals surface area contributed by atoms with Crippen molar-refractivity contribution in [3.05, 3.63) is 55.0 Å². The van der Waals surface area contributed by atoms with Crippen LogP contribution in [0.2, 0.25) is 0 Å². The van der Waals surface area contributed by atoms with E-state index >= 15 is 0 Å². The minimum Gasteiger partial charge on any atom is -0.364 e. The Balaban J connectivity index is 1.51. The predicted molar refractivity (Wildman–Crippen MR) is 129 cm³/mol. The molecular formula is C23H25N9O3. The van der Waals surface area contributed by atoms with Crippen molar-refractivity contribution in [2.45, 2.75) is 25.8 Å². The van der Waals surface area contributed by atoms with Gasteiger partial charge in [0.2, 0.25) is 11.9 Å². The van der Waals surface area contributed by atoms with Gasteiger partial charge < -0.3 is 21.3 Å². The van der Waals surface area contributed by atoms with Crippen molar-refractivity contribution in [2.24, 2.45) is 5.73 Å². The molecule has 180 valence electrons. The molecule has 3 aromatic rings. The monoisotopic (exact) mass is 475 g/mol. The first-order valence-electron chi connectivity index (χ1n) is 11.0. The van der Waals surface area contributed by atoms with E-state index in [4.69, 9.17) is 5.73 Å². The number of primary amides is 1. The number of aromatic nitrogens is 5. The zero-order chi connectivity index (χ0) is 24.9. The van der Waals surface area contributed by atoms with Gasteiger partial charge >= 0.3 is 0 Å². The van der Waals surface area contributed by atoms with E-state index in [9.17, 15) is 14.4 Å². The number of piperidine rings is 1. The Kier molecular flexibility index (Phi) is 6.81. The molecule has 35 heavy (non-hydrogen) atoms. The second-order valence-corrected chi connectivity index (χ2v) is 8.06. The number of anilines is 3. The highest BCUT2D eigenvalue weighted by atomic mass is 16.2. The molecule has 1 aliphatic heterocycles. The maximum atomic E-state index is 11.9. The van der Waals surface area contributed by atoms with Gasteiger partial charge in [-0.15, -0.1) is 10.2 Å². The summed E-state index contributed by atoms with van der Waals surface area (Å²) in [6.45, 7) is 6.26. The van der Waals surface area contributed by atoms with E-state index in [2.05, 4.69) is 37.5 Å². The topological polar surface area (TPSA) is 161 Å². The molecule has 1 saturated heterocycles. The van der Waals surface area contributed by atoms with Crippen LogP contribution in [0.15, 0.2) is 49.3 Å². The lowest BCUT2D eigenvalue weighted by atomic mass is 10.1. The van der Waals surface area contributed by atoms with E-state index in [-0.39, 0.29) is 35.3 Å². The third kappa shape index (κ3) is 5.49. The van der Waals surface area contributed by atoms with E-state index in [0.29, 0.717) is 12.2 Å². The molecule has 12 nitrogen and oxygen atoms in total. The maximum Gasteiger partial charge on any atom is 0.273 e. The standard InChI is InChI=1S/C23H25N9O3/c1-3-19(34)32-12-16(11-25-32)15-6-8-17(9-7-15)26-22-20(21(24)35)29-30-23(28-22)27-18-5-4-10-31(13-18)14(2)33/h3,6-9,11-12,18H,1,4-5,10,13H2,2H3,(H2,24,35)(H2,26,27,28,30)/t18-/m1/s1. The highest BCUT2D eigenvalue weighted by Crippen LogP contribution is 2.24. The van der Waals surface area contributed by atoms with E-state index < -0.39 is 5.91 Å². The summed E-state index contributed by atoms with van der Waals surface area (Å²) < 4.78 is 1.21. The molecule has 1 aliphatic rings. The molecular weight excluding hydrogens is 450 g/mol. The lowest BCUT2D eigenvalue weighted by Crippen LogP contribution is -2.44. The molecule has 2 amide bonds. The number of carbonyl (C=O) groups excluding carboxylic acids is 3. The normalized spacial score (nSPS) is 15.3. The molecule has 1 aromatic carbocycles. The summed E-state index contributed by atoms with van der Waals surface area (Å²) in [6, 6.07) is 7.20. The average Bonchev–Trinajstić information content (AvgIpc) is 3.34. The summed E-state index contributed by atoms with van der Waals surface area (Å²) in [7, 11) is 0. The Morgan fingerprint density at radius 2 is 1.94 bits per heavy atom. The molecule has 0 spiro atoms. The number of likely N-dealkylation sites (tertiary alicyclic amines) is 1. The number of nitrogens with one attached hydrogen (secondary N) is 2. The average molecular weight is 476 g/mol. The summed E-state index contributed by atoms with van der Waals surface area (Å²) in [6.07, 6.45) is 6.10. The molecule has 0 aliphatic carbocycles. The van der Waals surface area contributed by atoms with Gasteiger partial charge in [-0.25, -0.2) is 4.68 Å². The van der Waals surface area contributed by atoms with Crippen LogP contribution in [0.1, 0.15) is 35.0 Å². The van der Waals surface area contributed by atoms with Crippen molar-refractivity contribution in [1.29, 1.82) is 0 Å². The van der Waals surface area contributed by atoms with Crippen LogP contribution in [0, 0.1) is 0 Å². The Morgan fingerprint density at radius 1 is 1.17 bits per heavy atom. The van der Waals surface area contributed by atoms with Gasteiger partial charge in [0, 0.05) is 43.5 Å². The SMILES string of the molecule is C=CC(=O)n1cc(-c2ccc(Nc3nc(N[C@@H]4CCCN(C(C)=O)C4)nnc3C(N)=O)cc2)cn1. The second kappa shape index (κ2) is 10.1. The molecule has 0 bridgehead atoms. The minimum atomic E-state index is -0.768. The molecule has 1 fully saturated rings. The van der Waals surface area contributed by atoms with E-state index in [1.165, 1.54) is 10.8 Å². The van der Waals surface area contributed by atoms with Crippen LogP contribution in [0.5, 0.6) is 0 Å². The quantitative estimate of drug-likeness (QED) is 0.433. The highest BCUT2D eigenvalue weighted by molar-refractivity contribution is 5.96. The first kappa shape index (κ1) is 23.5. The summed E-state index contributed by atoms with van der Waals surface area (Å²) in [4.78, 5) is 41.5. The van der Waals surface area contributed by atoms with Gasteiger partial charge in [-0.05, 0) is 36.6 Å². The molecule has 0 saturated carbocycles.